The van der Waals surface area contributed by atoms with E-state index in [1.165, 1.54) is 0 Å². The average molecular weight is 535 g/mol. The van der Waals surface area contributed by atoms with Crippen LogP contribution in [-0.4, -0.2) is 37.2 Å². The van der Waals surface area contributed by atoms with Gasteiger partial charge in [-0.25, -0.2) is 4.68 Å². The van der Waals surface area contributed by atoms with Gasteiger partial charge in [0, 0.05) is 18.7 Å². The van der Waals surface area contributed by atoms with E-state index in [0.717, 1.165) is 59.0 Å². The van der Waals surface area contributed by atoms with Crippen LogP contribution in [-0.2, 0) is 13.1 Å². The van der Waals surface area contributed by atoms with E-state index in [0.29, 0.717) is 24.5 Å². The van der Waals surface area contributed by atoms with Gasteiger partial charge in [0.15, 0.2) is 5.82 Å². The first kappa shape index (κ1) is 26.0. The standard InChI is InChI=1S/C32H34N6O2/c1-22-9-8-12-25-19-28(32(39)33-29(22)25)30(31-34-35-36-38(31)26-13-6-7-14-26)37(20-23-10-4-3-5-11-23)21-24-15-17-27(40-2)18-16-24/h3-5,8-12,15-19,26,30H,6-7,13-14,20-21H2,1-2H3,(H,33,39)/t30-/m0/s1. The van der Waals surface area contributed by atoms with E-state index in [1.807, 2.05) is 66.2 Å². The summed E-state index contributed by atoms with van der Waals surface area (Å²) < 4.78 is 7.37. The zero-order valence-electron chi connectivity index (χ0n) is 23.0. The van der Waals surface area contributed by atoms with Gasteiger partial charge in [0.05, 0.1) is 18.7 Å². The van der Waals surface area contributed by atoms with E-state index < -0.39 is 6.04 Å². The Morgan fingerprint density at radius 3 is 2.42 bits per heavy atom. The van der Waals surface area contributed by atoms with Crippen molar-refractivity contribution in [2.75, 3.05) is 7.11 Å². The summed E-state index contributed by atoms with van der Waals surface area (Å²) in [6.45, 7) is 3.22. The molecule has 0 saturated heterocycles. The first-order chi connectivity index (χ1) is 19.6. The summed E-state index contributed by atoms with van der Waals surface area (Å²) in [5, 5.41) is 14.2. The fraction of sp³-hybridized carbons (Fsp3) is 0.312. The number of fused-ring (bicyclic) bond motifs is 1. The maximum absolute atomic E-state index is 13.9. The van der Waals surface area contributed by atoms with E-state index in [9.17, 15) is 4.79 Å². The summed E-state index contributed by atoms with van der Waals surface area (Å²) >= 11 is 0. The minimum atomic E-state index is -0.466. The number of methoxy groups -OCH3 is 1. The van der Waals surface area contributed by atoms with Crippen LogP contribution < -0.4 is 10.3 Å². The summed E-state index contributed by atoms with van der Waals surface area (Å²) in [6.07, 6.45) is 4.39. The molecule has 204 valence electrons. The molecular weight excluding hydrogens is 500 g/mol. The lowest BCUT2D eigenvalue weighted by Crippen LogP contribution is -2.35. The third-order valence-corrected chi connectivity index (χ3v) is 7.98. The van der Waals surface area contributed by atoms with E-state index >= 15 is 0 Å². The number of ether oxygens (including phenoxy) is 1. The number of hydrogen-bond acceptors (Lipinski definition) is 6. The van der Waals surface area contributed by atoms with Crippen molar-refractivity contribution >= 4 is 10.9 Å². The largest absolute Gasteiger partial charge is 0.497 e. The fourth-order valence-corrected chi connectivity index (χ4v) is 5.91. The normalized spacial score (nSPS) is 14.7. The van der Waals surface area contributed by atoms with E-state index in [1.54, 1.807) is 7.11 Å². The van der Waals surface area contributed by atoms with Gasteiger partial charge in [0.2, 0.25) is 0 Å². The van der Waals surface area contributed by atoms with Crippen molar-refractivity contribution in [3.8, 4) is 5.75 Å². The molecule has 8 nitrogen and oxygen atoms in total. The maximum Gasteiger partial charge on any atom is 0.253 e. The van der Waals surface area contributed by atoms with E-state index in [2.05, 4.69) is 49.7 Å². The van der Waals surface area contributed by atoms with Gasteiger partial charge < -0.3 is 9.72 Å². The van der Waals surface area contributed by atoms with Crippen LogP contribution in [0.2, 0.25) is 0 Å². The van der Waals surface area contributed by atoms with Crippen molar-refractivity contribution in [1.29, 1.82) is 0 Å². The SMILES string of the molecule is COc1ccc(CN(Cc2ccccc2)[C@@H](c2cc3cccc(C)c3[nH]c2=O)c2nnnn2C2CCCC2)cc1. The topological polar surface area (TPSA) is 88.9 Å². The number of hydrogen-bond donors (Lipinski definition) is 1. The highest BCUT2D eigenvalue weighted by Gasteiger charge is 2.33. The van der Waals surface area contributed by atoms with Gasteiger partial charge in [-0.1, -0.05) is 73.5 Å². The van der Waals surface area contributed by atoms with Crippen LogP contribution in [0.3, 0.4) is 0 Å². The van der Waals surface area contributed by atoms with Crippen molar-refractivity contribution in [3.05, 3.63) is 117 Å². The first-order valence-corrected chi connectivity index (χ1v) is 13.9. The summed E-state index contributed by atoms with van der Waals surface area (Å²) in [7, 11) is 1.67. The number of rotatable bonds is 9. The lowest BCUT2D eigenvalue weighted by Gasteiger charge is -2.32. The lowest BCUT2D eigenvalue weighted by molar-refractivity contribution is 0.190. The molecule has 40 heavy (non-hydrogen) atoms. The minimum Gasteiger partial charge on any atom is -0.497 e. The average Bonchev–Trinajstić information content (AvgIpc) is 3.68. The van der Waals surface area contributed by atoms with Gasteiger partial charge >= 0.3 is 0 Å². The number of aryl methyl sites for hydroxylation is 1. The summed E-state index contributed by atoms with van der Waals surface area (Å²) in [5.41, 5.74) is 4.66. The van der Waals surface area contributed by atoms with Crippen LogP contribution in [0.15, 0.2) is 83.7 Å². The quantitative estimate of drug-likeness (QED) is 0.260. The molecule has 0 bridgehead atoms. The molecule has 0 amide bonds. The second-order valence-corrected chi connectivity index (χ2v) is 10.7. The van der Waals surface area contributed by atoms with Gasteiger partial charge in [-0.3, -0.25) is 9.69 Å². The Kier molecular flexibility index (Phi) is 7.42. The number of aromatic amines is 1. The predicted molar refractivity (Wildman–Crippen MR) is 155 cm³/mol. The van der Waals surface area contributed by atoms with Crippen LogP contribution >= 0.6 is 0 Å². The van der Waals surface area contributed by atoms with Gasteiger partial charge in [0.1, 0.15) is 11.8 Å². The molecular formula is C32H34N6O2. The highest BCUT2D eigenvalue weighted by molar-refractivity contribution is 5.82. The summed E-state index contributed by atoms with van der Waals surface area (Å²) in [6, 6.07) is 26.3. The van der Waals surface area contributed by atoms with Crippen LogP contribution in [0.1, 0.15) is 65.8 Å². The molecule has 1 aliphatic rings. The maximum atomic E-state index is 13.9. The Balaban J connectivity index is 1.53. The second kappa shape index (κ2) is 11.4. The second-order valence-electron chi connectivity index (χ2n) is 10.7. The molecule has 3 aromatic carbocycles. The highest BCUT2D eigenvalue weighted by atomic mass is 16.5. The van der Waals surface area contributed by atoms with Gasteiger partial charge in [-0.2, -0.15) is 0 Å². The molecule has 0 aliphatic heterocycles. The fourth-order valence-electron chi connectivity index (χ4n) is 5.91. The predicted octanol–water partition coefficient (Wildman–Crippen LogP) is 5.74. The Morgan fingerprint density at radius 2 is 1.70 bits per heavy atom. The number of tetrazole rings is 1. The molecule has 0 spiro atoms. The van der Waals surface area contributed by atoms with Gasteiger partial charge in [-0.05, 0) is 70.5 Å². The molecule has 1 N–H and O–H groups in total. The van der Waals surface area contributed by atoms with E-state index in [4.69, 9.17) is 4.74 Å². The number of para-hydroxylation sites is 1. The minimum absolute atomic E-state index is 0.124. The third-order valence-electron chi connectivity index (χ3n) is 7.98. The summed E-state index contributed by atoms with van der Waals surface area (Å²) in [5.74, 6) is 1.51. The molecule has 5 aromatic rings. The van der Waals surface area contributed by atoms with Crippen molar-refractivity contribution in [3.63, 3.8) is 0 Å². The molecule has 2 heterocycles. The molecule has 8 heteroatoms. The van der Waals surface area contributed by atoms with E-state index in [-0.39, 0.29) is 11.6 Å². The number of H-pyrrole nitrogens is 1. The van der Waals surface area contributed by atoms with Crippen molar-refractivity contribution in [1.82, 2.24) is 30.1 Å². The van der Waals surface area contributed by atoms with Crippen LogP contribution in [0.4, 0.5) is 0 Å². The smallest absolute Gasteiger partial charge is 0.253 e. The number of nitrogens with one attached hydrogen (secondary N) is 1. The van der Waals surface area contributed by atoms with Crippen LogP contribution in [0.25, 0.3) is 10.9 Å². The van der Waals surface area contributed by atoms with Gasteiger partial charge in [0.25, 0.3) is 5.56 Å². The Morgan fingerprint density at radius 1 is 0.975 bits per heavy atom. The molecule has 1 fully saturated rings. The Bertz CT molecular complexity index is 1640. The molecule has 0 unspecified atom stereocenters. The first-order valence-electron chi connectivity index (χ1n) is 13.9. The summed E-state index contributed by atoms with van der Waals surface area (Å²) in [4.78, 5) is 19.4. The molecule has 1 saturated carbocycles. The molecule has 1 aliphatic carbocycles. The Labute approximate surface area is 233 Å². The Hall–Kier alpha value is -4.30. The zero-order chi connectivity index (χ0) is 27.5. The van der Waals surface area contributed by atoms with Crippen LogP contribution in [0, 0.1) is 6.92 Å². The molecule has 6 rings (SSSR count). The number of benzene rings is 3. The number of nitrogens with zero attached hydrogens (tertiary/aromatic N) is 5. The third kappa shape index (κ3) is 5.27. The van der Waals surface area contributed by atoms with Gasteiger partial charge in [-0.15, -0.1) is 5.10 Å². The van der Waals surface area contributed by atoms with Crippen molar-refractivity contribution < 1.29 is 4.74 Å². The number of aromatic nitrogens is 5. The molecule has 1 atom stereocenters. The zero-order valence-corrected chi connectivity index (χ0v) is 23.0. The van der Waals surface area contributed by atoms with Crippen molar-refractivity contribution in [2.24, 2.45) is 0 Å². The number of pyridine rings is 1. The highest BCUT2D eigenvalue weighted by Crippen LogP contribution is 2.35. The lowest BCUT2D eigenvalue weighted by atomic mass is 10.00. The molecule has 0 radical (unpaired) electrons. The monoisotopic (exact) mass is 534 g/mol. The van der Waals surface area contributed by atoms with Crippen LogP contribution in [0.5, 0.6) is 5.75 Å². The van der Waals surface area contributed by atoms with Crippen molar-refractivity contribution in [2.45, 2.75) is 57.8 Å². The molecule has 2 aromatic heterocycles.